The molecule has 0 aliphatic heterocycles. The summed E-state index contributed by atoms with van der Waals surface area (Å²) in [6, 6.07) is 30.6. The highest BCUT2D eigenvalue weighted by molar-refractivity contribution is 5.50. The van der Waals surface area contributed by atoms with Crippen molar-refractivity contribution in [3.8, 4) is 0 Å². The number of aromatic nitrogens is 2. The molecule has 0 N–H and O–H groups in total. The molecule has 0 spiro atoms. The maximum Gasteiger partial charge on any atom is 0.221 e. The van der Waals surface area contributed by atoms with Gasteiger partial charge >= 0.3 is 0 Å². The van der Waals surface area contributed by atoms with Gasteiger partial charge in [0.1, 0.15) is 5.54 Å². The van der Waals surface area contributed by atoms with E-state index in [0.29, 0.717) is 6.42 Å². The summed E-state index contributed by atoms with van der Waals surface area (Å²) in [5.41, 5.74) is 3.49. The number of rotatable bonds is 6. The summed E-state index contributed by atoms with van der Waals surface area (Å²) in [5.74, 6) is -0.147. The fraction of sp³-hybridized carbons (Fsp3) is 0.222. The Morgan fingerprint density at radius 3 is 1.78 bits per heavy atom. The van der Waals surface area contributed by atoms with E-state index >= 15 is 0 Å². The number of hydrogen-bond acceptors (Lipinski definition) is 3. The second kappa shape index (κ2) is 8.42. The van der Waals surface area contributed by atoms with Crippen LogP contribution in [-0.4, -0.2) is 20.5 Å². The van der Waals surface area contributed by atoms with E-state index in [4.69, 9.17) is 4.98 Å². The molecule has 4 aromatic rings. The molecule has 1 saturated carbocycles. The van der Waals surface area contributed by atoms with Crippen molar-refractivity contribution in [3.05, 3.63) is 136 Å². The van der Waals surface area contributed by atoms with Crippen LogP contribution >= 0.6 is 0 Å². The van der Waals surface area contributed by atoms with Gasteiger partial charge in [0.15, 0.2) is 0 Å². The quantitative estimate of drug-likeness (QED) is 0.229. The maximum atomic E-state index is 11.6. The molecule has 1 aliphatic carbocycles. The lowest BCUT2D eigenvalue weighted by atomic mass is 9.76. The van der Waals surface area contributed by atoms with Gasteiger partial charge in [0, 0.05) is 17.5 Å². The zero-order valence-electron chi connectivity index (χ0n) is 17.7. The van der Waals surface area contributed by atoms with Crippen molar-refractivity contribution < 1.29 is 4.92 Å². The molecule has 0 saturated heterocycles. The molecule has 0 amide bonds. The minimum atomic E-state index is -0.641. The van der Waals surface area contributed by atoms with Gasteiger partial charge in [0.2, 0.25) is 6.04 Å². The highest BCUT2D eigenvalue weighted by atomic mass is 16.6. The zero-order chi connectivity index (χ0) is 22.0. The van der Waals surface area contributed by atoms with Crippen LogP contribution in [0.1, 0.15) is 47.6 Å². The summed E-state index contributed by atoms with van der Waals surface area (Å²) in [5, 5.41) is 11.6. The van der Waals surface area contributed by atoms with Crippen LogP contribution in [0.3, 0.4) is 0 Å². The van der Waals surface area contributed by atoms with E-state index in [2.05, 4.69) is 41.0 Å². The molecular formula is C27H25N3O2. The molecular weight excluding hydrogens is 398 g/mol. The lowest BCUT2D eigenvalue weighted by Crippen LogP contribution is -2.37. The fourth-order valence-corrected chi connectivity index (χ4v) is 5.24. The van der Waals surface area contributed by atoms with Crippen LogP contribution in [-0.2, 0) is 5.54 Å². The molecule has 160 valence electrons. The van der Waals surface area contributed by atoms with Crippen LogP contribution in [0, 0.1) is 10.1 Å². The van der Waals surface area contributed by atoms with Crippen molar-refractivity contribution in [1.82, 2.24) is 9.55 Å². The largest absolute Gasteiger partial charge is 0.319 e. The number of nitrogens with zero attached hydrogens (tertiary/aromatic N) is 3. The van der Waals surface area contributed by atoms with Gasteiger partial charge in [0.05, 0.1) is 17.9 Å². The number of nitro groups is 1. The Hall–Kier alpha value is -3.73. The molecule has 2 atom stereocenters. The molecule has 5 heteroatoms. The van der Waals surface area contributed by atoms with Gasteiger partial charge in [-0.3, -0.25) is 10.1 Å². The normalized spacial score (nSPS) is 18.5. The van der Waals surface area contributed by atoms with Crippen LogP contribution in [0.2, 0.25) is 0 Å². The third-order valence-electron chi connectivity index (χ3n) is 6.69. The molecule has 0 bridgehead atoms. The smallest absolute Gasteiger partial charge is 0.221 e. The van der Waals surface area contributed by atoms with Gasteiger partial charge in [-0.15, -0.1) is 0 Å². The Morgan fingerprint density at radius 2 is 1.31 bits per heavy atom. The summed E-state index contributed by atoms with van der Waals surface area (Å²) in [6.45, 7) is 0. The Labute approximate surface area is 187 Å². The van der Waals surface area contributed by atoms with Crippen molar-refractivity contribution in [2.24, 2.45) is 0 Å². The van der Waals surface area contributed by atoms with Crippen LogP contribution in [0.25, 0.3) is 0 Å². The van der Waals surface area contributed by atoms with Crippen molar-refractivity contribution in [1.29, 1.82) is 0 Å². The third-order valence-corrected chi connectivity index (χ3v) is 6.69. The highest BCUT2D eigenvalue weighted by Crippen LogP contribution is 2.42. The van der Waals surface area contributed by atoms with Gasteiger partial charge in [-0.1, -0.05) is 91.0 Å². The molecule has 0 unspecified atom stereocenters. The highest BCUT2D eigenvalue weighted by Gasteiger charge is 2.42. The minimum Gasteiger partial charge on any atom is -0.319 e. The fourth-order valence-electron chi connectivity index (χ4n) is 5.24. The van der Waals surface area contributed by atoms with Crippen molar-refractivity contribution >= 4 is 0 Å². The number of imidazole rings is 1. The van der Waals surface area contributed by atoms with E-state index in [1.807, 2.05) is 67.1 Å². The van der Waals surface area contributed by atoms with Gasteiger partial charge in [-0.05, 0) is 29.5 Å². The van der Waals surface area contributed by atoms with E-state index in [1.165, 1.54) is 0 Å². The van der Waals surface area contributed by atoms with Crippen molar-refractivity contribution in [2.75, 3.05) is 0 Å². The van der Waals surface area contributed by atoms with E-state index in [-0.39, 0.29) is 10.8 Å². The van der Waals surface area contributed by atoms with E-state index in [9.17, 15) is 10.1 Å². The second-order valence-electron chi connectivity index (χ2n) is 8.40. The van der Waals surface area contributed by atoms with Gasteiger partial charge in [0.25, 0.3) is 0 Å². The molecule has 1 aromatic heterocycles. The van der Waals surface area contributed by atoms with Gasteiger partial charge in [-0.25, -0.2) is 4.98 Å². The molecule has 0 radical (unpaired) electrons. The Morgan fingerprint density at radius 1 is 0.812 bits per heavy atom. The summed E-state index contributed by atoms with van der Waals surface area (Å²) in [4.78, 5) is 16.2. The van der Waals surface area contributed by atoms with E-state index < -0.39 is 11.6 Å². The first-order valence-electron chi connectivity index (χ1n) is 11.1. The first-order chi connectivity index (χ1) is 15.7. The molecule has 1 aliphatic rings. The van der Waals surface area contributed by atoms with Crippen molar-refractivity contribution in [2.45, 2.75) is 36.8 Å². The van der Waals surface area contributed by atoms with Crippen LogP contribution in [0.15, 0.2) is 104 Å². The van der Waals surface area contributed by atoms with E-state index in [1.54, 1.807) is 0 Å². The van der Waals surface area contributed by atoms with E-state index in [0.717, 1.165) is 35.2 Å². The predicted molar refractivity (Wildman–Crippen MR) is 124 cm³/mol. The molecule has 5 rings (SSSR count). The lowest BCUT2D eigenvalue weighted by Gasteiger charge is -2.37. The average Bonchev–Trinajstić information content (AvgIpc) is 3.52. The molecule has 5 nitrogen and oxygen atoms in total. The summed E-state index contributed by atoms with van der Waals surface area (Å²) in [7, 11) is 0. The van der Waals surface area contributed by atoms with Gasteiger partial charge < -0.3 is 4.57 Å². The first-order valence-corrected chi connectivity index (χ1v) is 11.1. The minimum absolute atomic E-state index is 0.129. The second-order valence-corrected chi connectivity index (χ2v) is 8.40. The standard InChI is InChI=1S/C27H25N3O2/c31-30(32)26-18-10-17-24(26)25-19-29(20-28-25)27(21-11-4-1-5-12-21,22-13-6-2-7-14-22)23-15-8-3-9-16-23/h1-9,11-16,19-20,24,26H,10,17-18H2/t24-,26+/m1/s1. The average molecular weight is 424 g/mol. The number of hydrogen-bond donors (Lipinski definition) is 0. The summed E-state index contributed by atoms with van der Waals surface area (Å²) in [6.07, 6.45) is 6.16. The number of benzene rings is 3. The Bertz CT molecular complexity index is 1090. The molecule has 1 fully saturated rings. The maximum absolute atomic E-state index is 11.6. The summed E-state index contributed by atoms with van der Waals surface area (Å²) < 4.78 is 2.14. The molecule has 32 heavy (non-hydrogen) atoms. The molecule has 3 aromatic carbocycles. The Kier molecular flexibility index (Phi) is 5.31. The molecule has 1 heterocycles. The van der Waals surface area contributed by atoms with Crippen molar-refractivity contribution in [3.63, 3.8) is 0 Å². The first kappa shape index (κ1) is 20.2. The predicted octanol–water partition coefficient (Wildman–Crippen LogP) is 5.64. The van der Waals surface area contributed by atoms with Crippen LogP contribution in [0.5, 0.6) is 0 Å². The summed E-state index contributed by atoms with van der Waals surface area (Å²) >= 11 is 0. The van der Waals surface area contributed by atoms with Crippen LogP contribution < -0.4 is 0 Å². The topological polar surface area (TPSA) is 61.0 Å². The Balaban J connectivity index is 1.75. The monoisotopic (exact) mass is 423 g/mol. The lowest BCUT2D eigenvalue weighted by molar-refractivity contribution is -0.523. The van der Waals surface area contributed by atoms with Gasteiger partial charge in [-0.2, -0.15) is 0 Å². The zero-order valence-corrected chi connectivity index (χ0v) is 17.7. The van der Waals surface area contributed by atoms with Crippen LogP contribution in [0.4, 0.5) is 0 Å². The SMILES string of the molecule is O=[N+]([O-])[C@H]1CCC[C@@H]1c1cn(C(c2ccccc2)(c2ccccc2)c2ccccc2)cn1. The third kappa shape index (κ3) is 3.30.